The summed E-state index contributed by atoms with van der Waals surface area (Å²) < 4.78 is 5.04. The zero-order valence-corrected chi connectivity index (χ0v) is 14.6. The van der Waals surface area contributed by atoms with Gasteiger partial charge in [0.05, 0.1) is 5.56 Å². The molecule has 0 fully saturated rings. The van der Waals surface area contributed by atoms with Gasteiger partial charge in [0.1, 0.15) is 17.6 Å². The van der Waals surface area contributed by atoms with E-state index in [9.17, 15) is 19.5 Å². The van der Waals surface area contributed by atoms with E-state index in [4.69, 9.17) is 4.74 Å². The molecule has 25 heavy (non-hydrogen) atoms. The van der Waals surface area contributed by atoms with Crippen molar-refractivity contribution in [2.75, 3.05) is 5.32 Å². The molecule has 2 aromatic rings. The molecule has 0 saturated heterocycles. The number of benzene rings is 1. The first-order chi connectivity index (χ1) is 11.9. The number of hydrogen-bond acceptors (Lipinski definition) is 5. The van der Waals surface area contributed by atoms with E-state index in [1.807, 2.05) is 30.3 Å². The minimum absolute atomic E-state index is 0.0530. The summed E-state index contributed by atoms with van der Waals surface area (Å²) in [5.41, 5.74) is 1.45. The number of amides is 2. The Bertz CT molecular complexity index is 773. The lowest BCUT2D eigenvalue weighted by atomic mass is 10.2. The summed E-state index contributed by atoms with van der Waals surface area (Å²) >= 11 is 1.12. The molecular formula is C17H18N2O5S. The summed E-state index contributed by atoms with van der Waals surface area (Å²) in [7, 11) is 0. The van der Waals surface area contributed by atoms with Crippen molar-refractivity contribution < 1.29 is 24.2 Å². The van der Waals surface area contributed by atoms with Crippen LogP contribution in [0.4, 0.5) is 9.80 Å². The molecule has 0 aliphatic heterocycles. The smallest absolute Gasteiger partial charge is 0.408 e. The van der Waals surface area contributed by atoms with Crippen molar-refractivity contribution in [3.63, 3.8) is 0 Å². The molecule has 1 aromatic carbocycles. The highest BCUT2D eigenvalue weighted by molar-refractivity contribution is 7.15. The van der Waals surface area contributed by atoms with Crippen LogP contribution in [0.25, 0.3) is 0 Å². The fourth-order valence-electron chi connectivity index (χ4n) is 2.03. The summed E-state index contributed by atoms with van der Waals surface area (Å²) in [4.78, 5) is 35.1. The van der Waals surface area contributed by atoms with Gasteiger partial charge in [-0.3, -0.25) is 4.79 Å². The van der Waals surface area contributed by atoms with Crippen molar-refractivity contribution in [3.05, 3.63) is 52.4 Å². The molecule has 0 aliphatic carbocycles. The van der Waals surface area contributed by atoms with Gasteiger partial charge in [0.15, 0.2) is 0 Å². The number of thiophene rings is 1. The predicted molar refractivity (Wildman–Crippen MR) is 93.9 cm³/mol. The largest absolute Gasteiger partial charge is 0.478 e. The van der Waals surface area contributed by atoms with Gasteiger partial charge in [-0.2, -0.15) is 0 Å². The highest BCUT2D eigenvalue weighted by Crippen LogP contribution is 2.27. The quantitative estimate of drug-likeness (QED) is 0.733. The van der Waals surface area contributed by atoms with Gasteiger partial charge in [0, 0.05) is 0 Å². The van der Waals surface area contributed by atoms with E-state index in [0.29, 0.717) is 5.56 Å². The fraction of sp³-hybridized carbons (Fsp3) is 0.235. The maximum Gasteiger partial charge on any atom is 0.408 e. The van der Waals surface area contributed by atoms with E-state index >= 15 is 0 Å². The molecule has 0 bridgehead atoms. The van der Waals surface area contributed by atoms with Crippen LogP contribution in [0.5, 0.6) is 0 Å². The van der Waals surface area contributed by atoms with Crippen molar-refractivity contribution in [3.8, 4) is 0 Å². The van der Waals surface area contributed by atoms with E-state index in [1.165, 1.54) is 6.92 Å². The van der Waals surface area contributed by atoms with Gasteiger partial charge in [0.2, 0.25) is 5.91 Å². The second kappa shape index (κ2) is 8.29. The molecule has 0 saturated carbocycles. The molecule has 0 unspecified atom stereocenters. The number of rotatable bonds is 6. The van der Waals surface area contributed by atoms with Gasteiger partial charge >= 0.3 is 12.1 Å². The van der Waals surface area contributed by atoms with Crippen LogP contribution in [0.15, 0.2) is 35.7 Å². The maximum absolute atomic E-state index is 12.1. The molecule has 0 radical (unpaired) electrons. The Balaban J connectivity index is 1.88. The second-order valence-electron chi connectivity index (χ2n) is 5.34. The molecule has 1 heterocycles. The van der Waals surface area contributed by atoms with Crippen molar-refractivity contribution in [1.82, 2.24) is 5.32 Å². The first kappa shape index (κ1) is 18.5. The number of carboxylic acid groups (broad SMARTS) is 1. The van der Waals surface area contributed by atoms with E-state index < -0.39 is 24.0 Å². The molecule has 0 aliphatic rings. The Morgan fingerprint density at radius 2 is 1.92 bits per heavy atom. The summed E-state index contributed by atoms with van der Waals surface area (Å²) in [6.07, 6.45) is -0.729. The van der Waals surface area contributed by atoms with Crippen molar-refractivity contribution in [2.24, 2.45) is 0 Å². The lowest BCUT2D eigenvalue weighted by Gasteiger charge is -2.14. The number of nitrogens with one attached hydrogen (secondary N) is 2. The van der Waals surface area contributed by atoms with Crippen LogP contribution < -0.4 is 10.6 Å². The Labute approximate surface area is 148 Å². The molecule has 1 aromatic heterocycles. The van der Waals surface area contributed by atoms with Crippen LogP contribution in [-0.2, 0) is 16.1 Å². The van der Waals surface area contributed by atoms with Gasteiger partial charge < -0.3 is 20.5 Å². The number of anilines is 1. The Morgan fingerprint density at radius 3 is 2.56 bits per heavy atom. The molecule has 0 spiro atoms. The monoisotopic (exact) mass is 362 g/mol. The molecule has 7 nitrogen and oxygen atoms in total. The van der Waals surface area contributed by atoms with Crippen LogP contribution in [0.2, 0.25) is 0 Å². The Kier molecular flexibility index (Phi) is 6.13. The van der Waals surface area contributed by atoms with Crippen molar-refractivity contribution >= 4 is 34.3 Å². The maximum atomic E-state index is 12.1. The number of aryl methyl sites for hydroxylation is 1. The number of ether oxygens (including phenoxy) is 1. The molecule has 8 heteroatoms. The van der Waals surface area contributed by atoms with E-state index in [0.717, 1.165) is 16.9 Å². The third-order valence-electron chi connectivity index (χ3n) is 3.37. The lowest BCUT2D eigenvalue weighted by molar-refractivity contribution is -0.117. The second-order valence-corrected chi connectivity index (χ2v) is 6.22. The third-order valence-corrected chi connectivity index (χ3v) is 4.38. The number of alkyl carbamates (subject to hydrolysis) is 1. The van der Waals surface area contributed by atoms with E-state index in [1.54, 1.807) is 12.3 Å². The topological polar surface area (TPSA) is 105 Å². The highest BCUT2D eigenvalue weighted by atomic mass is 32.1. The van der Waals surface area contributed by atoms with Crippen LogP contribution in [0.3, 0.4) is 0 Å². The summed E-state index contributed by atoms with van der Waals surface area (Å²) in [6.45, 7) is 3.23. The van der Waals surface area contributed by atoms with Crippen LogP contribution >= 0.6 is 11.3 Å². The molecule has 2 amide bonds. The number of carbonyl (C=O) groups excluding carboxylic acids is 2. The van der Waals surface area contributed by atoms with E-state index in [2.05, 4.69) is 10.6 Å². The van der Waals surface area contributed by atoms with Gasteiger partial charge in [-0.05, 0) is 30.4 Å². The zero-order valence-electron chi connectivity index (χ0n) is 13.7. The van der Waals surface area contributed by atoms with Crippen LogP contribution in [0.1, 0.15) is 28.4 Å². The Hall–Kier alpha value is -2.87. The summed E-state index contributed by atoms with van der Waals surface area (Å²) in [5.74, 6) is -1.64. The molecule has 132 valence electrons. The normalized spacial score (nSPS) is 11.4. The fourth-order valence-corrected chi connectivity index (χ4v) is 2.97. The standard InChI is InChI=1S/C17H18N2O5S/c1-10-9-25-15(13(10)16(21)22)19-14(20)11(2)18-17(23)24-8-12-6-4-3-5-7-12/h3-7,9,11H,8H2,1-2H3,(H,18,23)(H,19,20)(H,21,22)/t11-/m0/s1. The van der Waals surface area contributed by atoms with Gasteiger partial charge in [-0.15, -0.1) is 11.3 Å². The zero-order chi connectivity index (χ0) is 18.4. The number of aromatic carboxylic acids is 1. The minimum Gasteiger partial charge on any atom is -0.478 e. The van der Waals surface area contributed by atoms with E-state index in [-0.39, 0.29) is 17.2 Å². The molecular weight excluding hydrogens is 344 g/mol. The van der Waals surface area contributed by atoms with Gasteiger partial charge in [0.25, 0.3) is 0 Å². The highest BCUT2D eigenvalue weighted by Gasteiger charge is 2.21. The van der Waals surface area contributed by atoms with Gasteiger partial charge in [-0.1, -0.05) is 30.3 Å². The molecule has 1 atom stereocenters. The predicted octanol–water partition coefficient (Wildman–Crippen LogP) is 3.01. The summed E-state index contributed by atoms with van der Waals surface area (Å²) in [5, 5.41) is 16.0. The SMILES string of the molecule is Cc1csc(NC(=O)[C@H](C)NC(=O)OCc2ccccc2)c1C(=O)O. The lowest BCUT2D eigenvalue weighted by Crippen LogP contribution is -2.41. The number of carboxylic acids is 1. The van der Waals surface area contributed by atoms with Crippen LogP contribution in [0, 0.1) is 6.92 Å². The first-order valence-corrected chi connectivity index (χ1v) is 8.36. The minimum atomic E-state index is -1.11. The molecule has 3 N–H and O–H groups in total. The third kappa shape index (κ3) is 5.05. The number of hydrogen-bond donors (Lipinski definition) is 3. The van der Waals surface area contributed by atoms with Crippen LogP contribution in [-0.4, -0.2) is 29.1 Å². The molecule has 2 rings (SSSR count). The van der Waals surface area contributed by atoms with Crippen molar-refractivity contribution in [1.29, 1.82) is 0 Å². The summed E-state index contributed by atoms with van der Waals surface area (Å²) in [6, 6.07) is 8.26. The Morgan fingerprint density at radius 1 is 1.24 bits per heavy atom. The number of carbonyl (C=O) groups is 3. The van der Waals surface area contributed by atoms with Gasteiger partial charge in [-0.25, -0.2) is 9.59 Å². The first-order valence-electron chi connectivity index (χ1n) is 7.48. The average Bonchev–Trinajstić information content (AvgIpc) is 2.94. The van der Waals surface area contributed by atoms with Crippen molar-refractivity contribution in [2.45, 2.75) is 26.5 Å². The average molecular weight is 362 g/mol.